The Bertz CT molecular complexity index is 491. The monoisotopic (exact) mass is 464 g/mol. The first-order chi connectivity index (χ1) is 11.9. The van der Waals surface area contributed by atoms with Crippen molar-refractivity contribution in [2.75, 3.05) is 13.7 Å². The molecule has 0 aromatic rings. The maximum atomic E-state index is 12.3. The Hall–Kier alpha value is -1.20. The maximum absolute atomic E-state index is 12.3. The highest BCUT2D eigenvalue weighted by atomic mass is 19.4. The summed E-state index contributed by atoms with van der Waals surface area (Å²) in [6.45, 7) is -0.424. The standard InChI is InChI=1S/C6H5F9O.C4H3F7O/c1-2-16-6(14,15)4(9,10)3(7,8)5(11,12)13;1-12-4(10,11)2(5,6)3(7,8)9/h2H2,1H3;1H3. The molecule has 0 fully saturated rings. The van der Waals surface area contributed by atoms with E-state index in [2.05, 4.69) is 9.47 Å². The van der Waals surface area contributed by atoms with Crippen LogP contribution in [0.1, 0.15) is 6.92 Å². The molecule has 0 aliphatic heterocycles. The van der Waals surface area contributed by atoms with Gasteiger partial charge in [0.25, 0.3) is 0 Å². The molecule has 0 aliphatic rings. The second-order valence-electron chi connectivity index (χ2n) is 4.39. The van der Waals surface area contributed by atoms with Crippen LogP contribution in [-0.2, 0) is 9.47 Å². The summed E-state index contributed by atoms with van der Waals surface area (Å²) < 4.78 is 194. The highest BCUT2D eigenvalue weighted by Crippen LogP contribution is 2.53. The van der Waals surface area contributed by atoms with Crippen molar-refractivity contribution in [2.45, 2.75) is 49.3 Å². The Balaban J connectivity index is 0. The van der Waals surface area contributed by atoms with Gasteiger partial charge in [0.15, 0.2) is 0 Å². The smallest absolute Gasteiger partial charge is 0.319 e. The van der Waals surface area contributed by atoms with E-state index in [1.54, 1.807) is 0 Å². The third-order valence-corrected chi connectivity index (χ3v) is 2.42. The van der Waals surface area contributed by atoms with Crippen LogP contribution in [0.15, 0.2) is 0 Å². The summed E-state index contributed by atoms with van der Waals surface area (Å²) >= 11 is 0. The van der Waals surface area contributed by atoms with Crippen LogP contribution in [0.4, 0.5) is 70.2 Å². The molecule has 0 rings (SSSR count). The lowest BCUT2D eigenvalue weighted by Crippen LogP contribution is -2.61. The van der Waals surface area contributed by atoms with Gasteiger partial charge in [-0.1, -0.05) is 0 Å². The van der Waals surface area contributed by atoms with Gasteiger partial charge in [-0.25, -0.2) is 0 Å². The fourth-order valence-corrected chi connectivity index (χ4v) is 0.926. The molecule has 28 heavy (non-hydrogen) atoms. The van der Waals surface area contributed by atoms with Crippen LogP contribution in [0.3, 0.4) is 0 Å². The summed E-state index contributed by atoms with van der Waals surface area (Å²) in [6, 6.07) is 0. The van der Waals surface area contributed by atoms with Gasteiger partial charge in [0.05, 0.1) is 6.61 Å². The van der Waals surface area contributed by atoms with E-state index in [1.807, 2.05) is 0 Å². The van der Waals surface area contributed by atoms with Gasteiger partial charge >= 0.3 is 42.3 Å². The number of alkyl halides is 16. The van der Waals surface area contributed by atoms with Gasteiger partial charge in [-0.3, -0.25) is 0 Å². The van der Waals surface area contributed by atoms with E-state index in [1.165, 1.54) is 0 Å². The van der Waals surface area contributed by atoms with Crippen LogP contribution >= 0.6 is 0 Å². The minimum absolute atomic E-state index is 0.0552. The minimum Gasteiger partial charge on any atom is -0.319 e. The summed E-state index contributed by atoms with van der Waals surface area (Å²) in [6.07, 6.45) is -24.6. The van der Waals surface area contributed by atoms with Crippen LogP contribution in [0.5, 0.6) is 0 Å². The summed E-state index contributed by atoms with van der Waals surface area (Å²) in [5.74, 6) is -19.7. The van der Waals surface area contributed by atoms with Crippen molar-refractivity contribution in [2.24, 2.45) is 0 Å². The van der Waals surface area contributed by atoms with E-state index in [4.69, 9.17) is 0 Å². The minimum atomic E-state index is -6.89. The molecule has 0 atom stereocenters. The van der Waals surface area contributed by atoms with Crippen molar-refractivity contribution in [3.8, 4) is 0 Å². The molecule has 0 saturated carbocycles. The van der Waals surface area contributed by atoms with Crippen molar-refractivity contribution in [3.05, 3.63) is 0 Å². The van der Waals surface area contributed by atoms with E-state index >= 15 is 0 Å². The molecule has 0 aliphatic carbocycles. The number of hydrogen-bond donors (Lipinski definition) is 0. The molecular formula is C10H8F16O2. The predicted octanol–water partition coefficient (Wildman–Crippen LogP) is 5.87. The summed E-state index contributed by atoms with van der Waals surface area (Å²) in [5.41, 5.74) is 0. The van der Waals surface area contributed by atoms with Crippen LogP contribution in [0, 0.1) is 0 Å². The summed E-state index contributed by atoms with van der Waals surface area (Å²) in [7, 11) is 0.0552. The molecular weight excluding hydrogens is 456 g/mol. The molecule has 0 heterocycles. The average molecular weight is 464 g/mol. The highest BCUT2D eigenvalue weighted by Gasteiger charge is 2.82. The number of ether oxygens (including phenoxy) is 2. The van der Waals surface area contributed by atoms with E-state index in [9.17, 15) is 70.2 Å². The first-order valence-electron chi connectivity index (χ1n) is 6.09. The second kappa shape index (κ2) is 8.27. The topological polar surface area (TPSA) is 18.5 Å². The molecule has 172 valence electrons. The Morgan fingerprint density at radius 3 is 1.00 bits per heavy atom. The van der Waals surface area contributed by atoms with Crippen LogP contribution in [-0.4, -0.2) is 56.1 Å². The van der Waals surface area contributed by atoms with Gasteiger partial charge < -0.3 is 9.47 Å². The molecule has 0 unspecified atom stereocenters. The fraction of sp³-hybridized carbons (Fsp3) is 1.00. The largest absolute Gasteiger partial charge is 0.462 e. The number of rotatable bonds is 6. The van der Waals surface area contributed by atoms with E-state index < -0.39 is 48.9 Å². The molecule has 0 amide bonds. The van der Waals surface area contributed by atoms with Crippen LogP contribution in [0.25, 0.3) is 0 Å². The summed E-state index contributed by atoms with van der Waals surface area (Å²) in [4.78, 5) is 0. The zero-order chi connectivity index (χ0) is 23.6. The first kappa shape index (κ1) is 29.0. The van der Waals surface area contributed by atoms with Crippen LogP contribution < -0.4 is 0 Å². The van der Waals surface area contributed by atoms with Gasteiger partial charge in [0.1, 0.15) is 0 Å². The maximum Gasteiger partial charge on any atom is 0.462 e. The average Bonchev–Trinajstić information content (AvgIpc) is 2.44. The lowest BCUT2D eigenvalue weighted by molar-refractivity contribution is -0.443. The second-order valence-corrected chi connectivity index (χ2v) is 4.39. The van der Waals surface area contributed by atoms with Crippen molar-refractivity contribution in [3.63, 3.8) is 0 Å². The van der Waals surface area contributed by atoms with Gasteiger partial charge in [-0.2, -0.15) is 70.2 Å². The highest BCUT2D eigenvalue weighted by molar-refractivity contribution is 4.96. The Labute approximate surface area is 144 Å². The number of hydrogen-bond acceptors (Lipinski definition) is 2. The van der Waals surface area contributed by atoms with Crippen molar-refractivity contribution < 1.29 is 79.7 Å². The Morgan fingerprint density at radius 1 is 0.500 bits per heavy atom. The van der Waals surface area contributed by atoms with Crippen molar-refractivity contribution in [1.29, 1.82) is 0 Å². The normalized spacial score (nSPS) is 15.2. The lowest BCUT2D eigenvalue weighted by Gasteiger charge is -2.32. The SMILES string of the molecule is CCOC(F)(F)C(F)(F)C(F)(F)C(F)(F)F.COC(F)(F)C(F)(F)C(F)(F)F. The van der Waals surface area contributed by atoms with Gasteiger partial charge in [-0.15, -0.1) is 0 Å². The zero-order valence-electron chi connectivity index (χ0n) is 13.1. The zero-order valence-corrected chi connectivity index (χ0v) is 13.1. The van der Waals surface area contributed by atoms with Gasteiger partial charge in [0.2, 0.25) is 0 Å². The number of halogens is 16. The Morgan fingerprint density at radius 2 is 0.821 bits per heavy atom. The lowest BCUT2D eigenvalue weighted by atomic mass is 10.1. The molecule has 0 bridgehead atoms. The number of methoxy groups -OCH3 is 1. The van der Waals surface area contributed by atoms with Crippen molar-refractivity contribution >= 4 is 0 Å². The molecule has 0 aromatic carbocycles. The van der Waals surface area contributed by atoms with E-state index in [0.717, 1.165) is 6.92 Å². The first-order valence-corrected chi connectivity index (χ1v) is 6.09. The quantitative estimate of drug-likeness (QED) is 0.458. The molecule has 18 heteroatoms. The predicted molar refractivity (Wildman–Crippen MR) is 55.5 cm³/mol. The third kappa shape index (κ3) is 5.44. The Kier molecular flexibility index (Phi) is 8.57. The van der Waals surface area contributed by atoms with Crippen molar-refractivity contribution in [1.82, 2.24) is 0 Å². The third-order valence-electron chi connectivity index (χ3n) is 2.42. The molecule has 0 spiro atoms. The van der Waals surface area contributed by atoms with Gasteiger partial charge in [0, 0.05) is 7.11 Å². The van der Waals surface area contributed by atoms with E-state index in [-0.39, 0.29) is 7.11 Å². The summed E-state index contributed by atoms with van der Waals surface area (Å²) in [5, 5.41) is 0. The molecule has 0 aromatic heterocycles. The molecule has 0 saturated heterocycles. The molecule has 0 radical (unpaired) electrons. The van der Waals surface area contributed by atoms with Gasteiger partial charge in [-0.05, 0) is 6.92 Å². The van der Waals surface area contributed by atoms with E-state index in [0.29, 0.717) is 0 Å². The molecule has 2 nitrogen and oxygen atoms in total. The fourth-order valence-electron chi connectivity index (χ4n) is 0.926. The van der Waals surface area contributed by atoms with Crippen LogP contribution in [0.2, 0.25) is 0 Å². The molecule has 0 N–H and O–H groups in total.